The van der Waals surface area contributed by atoms with Gasteiger partial charge in [0.05, 0.1) is 6.04 Å². The molecular weight excluding hydrogens is 336 g/mol. The van der Waals surface area contributed by atoms with Gasteiger partial charge < -0.3 is 10.2 Å². The van der Waals surface area contributed by atoms with Crippen LogP contribution in [0.25, 0.3) is 0 Å². The Bertz CT molecular complexity index is 484. The Kier molecular flexibility index (Phi) is 8.11. The Morgan fingerprint density at radius 2 is 1.83 bits per heavy atom. The molecule has 8 heteroatoms. The first kappa shape index (κ1) is 20.0. The number of thiol groups is 2. The van der Waals surface area contributed by atoms with E-state index in [1.807, 2.05) is 0 Å². The first-order chi connectivity index (χ1) is 10.8. The SMILES string of the molecule is CC(=O)NC(CS)C(=O)N1CCCC1C(=O)CC(CS)C(C)=O. The zero-order valence-electron chi connectivity index (χ0n) is 13.4. The molecule has 3 unspecified atom stereocenters. The summed E-state index contributed by atoms with van der Waals surface area (Å²) in [5, 5.41) is 2.55. The number of likely N-dealkylation sites (tertiary alicyclic amines) is 1. The average molecular weight is 361 g/mol. The van der Waals surface area contributed by atoms with Crippen LogP contribution in [0.5, 0.6) is 0 Å². The molecule has 130 valence electrons. The summed E-state index contributed by atoms with van der Waals surface area (Å²) in [6.45, 7) is 3.25. The van der Waals surface area contributed by atoms with Gasteiger partial charge in [-0.25, -0.2) is 0 Å². The van der Waals surface area contributed by atoms with Crippen LogP contribution in [-0.2, 0) is 19.2 Å². The summed E-state index contributed by atoms with van der Waals surface area (Å²) < 4.78 is 0. The van der Waals surface area contributed by atoms with Gasteiger partial charge in [0, 0.05) is 37.3 Å². The van der Waals surface area contributed by atoms with Crippen molar-refractivity contribution in [1.82, 2.24) is 10.2 Å². The van der Waals surface area contributed by atoms with Gasteiger partial charge in [0.1, 0.15) is 11.8 Å². The molecular formula is C15H24N2O4S2. The maximum atomic E-state index is 12.5. The molecule has 1 fully saturated rings. The van der Waals surface area contributed by atoms with Gasteiger partial charge in [0.15, 0.2) is 5.78 Å². The van der Waals surface area contributed by atoms with Crippen molar-refractivity contribution in [3.63, 3.8) is 0 Å². The van der Waals surface area contributed by atoms with E-state index >= 15 is 0 Å². The fraction of sp³-hybridized carbons (Fsp3) is 0.733. The number of Topliss-reactive ketones (excluding diaryl/α,β-unsaturated/α-hetero) is 2. The molecule has 3 atom stereocenters. The topological polar surface area (TPSA) is 83.6 Å². The lowest BCUT2D eigenvalue weighted by atomic mass is 9.95. The van der Waals surface area contributed by atoms with Crippen molar-refractivity contribution in [2.75, 3.05) is 18.1 Å². The second-order valence-corrected chi connectivity index (χ2v) is 6.52. The molecule has 1 aliphatic heterocycles. The standard InChI is InChI=1S/C15H24N2O4S2/c1-9(18)11(7-22)6-14(20)13-4-3-5-17(13)15(21)12(8-23)16-10(2)19/h11-13,22-23H,3-8H2,1-2H3,(H,16,19). The zero-order valence-corrected chi connectivity index (χ0v) is 15.2. The fourth-order valence-corrected chi connectivity index (χ4v) is 3.35. The molecule has 1 N–H and O–H groups in total. The molecule has 0 aromatic carbocycles. The molecule has 2 amide bonds. The summed E-state index contributed by atoms with van der Waals surface area (Å²) in [7, 11) is 0. The van der Waals surface area contributed by atoms with Crippen molar-refractivity contribution in [2.24, 2.45) is 5.92 Å². The normalized spacial score (nSPS) is 20.0. The Balaban J connectivity index is 2.79. The molecule has 6 nitrogen and oxygen atoms in total. The molecule has 1 saturated heterocycles. The van der Waals surface area contributed by atoms with Gasteiger partial charge >= 0.3 is 0 Å². The molecule has 0 radical (unpaired) electrons. The summed E-state index contributed by atoms with van der Waals surface area (Å²) in [6.07, 6.45) is 1.41. The predicted octanol–water partition coefficient (Wildman–Crippen LogP) is 0.506. The van der Waals surface area contributed by atoms with Crippen molar-refractivity contribution in [3.05, 3.63) is 0 Å². The van der Waals surface area contributed by atoms with Gasteiger partial charge in [0.25, 0.3) is 0 Å². The van der Waals surface area contributed by atoms with E-state index < -0.39 is 18.0 Å². The number of hydrogen-bond donors (Lipinski definition) is 3. The summed E-state index contributed by atoms with van der Waals surface area (Å²) in [5.74, 6) is -0.737. The van der Waals surface area contributed by atoms with E-state index in [4.69, 9.17) is 0 Å². The second-order valence-electron chi connectivity index (χ2n) is 5.79. The van der Waals surface area contributed by atoms with Crippen molar-refractivity contribution in [3.8, 4) is 0 Å². The molecule has 1 heterocycles. The van der Waals surface area contributed by atoms with Crippen molar-refractivity contribution in [1.29, 1.82) is 0 Å². The smallest absolute Gasteiger partial charge is 0.246 e. The van der Waals surface area contributed by atoms with Crippen LogP contribution in [0, 0.1) is 5.92 Å². The lowest BCUT2D eigenvalue weighted by Gasteiger charge is -2.28. The largest absolute Gasteiger partial charge is 0.344 e. The maximum absolute atomic E-state index is 12.5. The molecule has 0 aliphatic carbocycles. The molecule has 0 saturated carbocycles. The van der Waals surface area contributed by atoms with Crippen LogP contribution >= 0.6 is 25.3 Å². The highest BCUT2D eigenvalue weighted by Crippen LogP contribution is 2.22. The van der Waals surface area contributed by atoms with Crippen LogP contribution in [-0.4, -0.2) is 58.4 Å². The first-order valence-corrected chi connectivity index (χ1v) is 8.90. The third-order valence-electron chi connectivity index (χ3n) is 4.01. The highest BCUT2D eigenvalue weighted by molar-refractivity contribution is 7.80. The molecule has 23 heavy (non-hydrogen) atoms. The number of hydrogen-bond acceptors (Lipinski definition) is 6. The van der Waals surface area contributed by atoms with E-state index in [-0.39, 0.29) is 35.6 Å². The van der Waals surface area contributed by atoms with Crippen LogP contribution in [0.1, 0.15) is 33.1 Å². The van der Waals surface area contributed by atoms with Gasteiger partial charge in [-0.1, -0.05) is 0 Å². The number of rotatable bonds is 8. The third kappa shape index (κ3) is 5.53. The monoisotopic (exact) mass is 360 g/mol. The van der Waals surface area contributed by atoms with Gasteiger partial charge in [-0.05, 0) is 19.8 Å². The summed E-state index contributed by atoms with van der Waals surface area (Å²) in [4.78, 5) is 49.2. The van der Waals surface area contributed by atoms with Gasteiger partial charge in [-0.2, -0.15) is 25.3 Å². The van der Waals surface area contributed by atoms with Crippen LogP contribution in [0.4, 0.5) is 0 Å². The van der Waals surface area contributed by atoms with Gasteiger partial charge in [-0.3, -0.25) is 19.2 Å². The Morgan fingerprint density at radius 1 is 1.17 bits per heavy atom. The Morgan fingerprint density at radius 3 is 2.30 bits per heavy atom. The highest BCUT2D eigenvalue weighted by Gasteiger charge is 2.37. The van der Waals surface area contributed by atoms with Gasteiger partial charge in [-0.15, -0.1) is 0 Å². The van der Waals surface area contributed by atoms with E-state index in [0.29, 0.717) is 18.7 Å². The highest BCUT2D eigenvalue weighted by atomic mass is 32.1. The van der Waals surface area contributed by atoms with E-state index in [9.17, 15) is 19.2 Å². The summed E-state index contributed by atoms with van der Waals surface area (Å²) >= 11 is 8.21. The Labute approximate surface area is 147 Å². The number of nitrogens with one attached hydrogen (secondary N) is 1. The number of amides is 2. The summed E-state index contributed by atoms with van der Waals surface area (Å²) in [6, 6.07) is -1.27. The quantitative estimate of drug-likeness (QED) is 0.551. The van der Waals surface area contributed by atoms with Gasteiger partial charge in [0.2, 0.25) is 11.8 Å². The average Bonchev–Trinajstić information content (AvgIpc) is 2.98. The molecule has 1 aliphatic rings. The first-order valence-electron chi connectivity index (χ1n) is 7.64. The van der Waals surface area contributed by atoms with E-state index in [1.54, 1.807) is 0 Å². The lowest BCUT2D eigenvalue weighted by molar-refractivity contribution is -0.140. The predicted molar refractivity (Wildman–Crippen MR) is 93.8 cm³/mol. The van der Waals surface area contributed by atoms with Crippen molar-refractivity contribution in [2.45, 2.75) is 45.2 Å². The minimum atomic E-state index is -0.738. The third-order valence-corrected chi connectivity index (χ3v) is 4.81. The van der Waals surface area contributed by atoms with Crippen LogP contribution in [0.3, 0.4) is 0 Å². The summed E-state index contributed by atoms with van der Waals surface area (Å²) in [5.41, 5.74) is 0. The number of nitrogens with zero attached hydrogens (tertiary/aromatic N) is 1. The maximum Gasteiger partial charge on any atom is 0.246 e. The molecule has 0 spiro atoms. The second kappa shape index (κ2) is 9.32. The minimum Gasteiger partial charge on any atom is -0.344 e. The lowest BCUT2D eigenvalue weighted by Crippen LogP contribution is -2.52. The van der Waals surface area contributed by atoms with E-state index in [1.165, 1.54) is 18.7 Å². The minimum absolute atomic E-state index is 0.0734. The molecule has 0 aromatic heterocycles. The molecule has 0 aromatic rings. The van der Waals surface area contributed by atoms with E-state index in [0.717, 1.165) is 6.42 Å². The van der Waals surface area contributed by atoms with E-state index in [2.05, 4.69) is 30.6 Å². The Hall–Kier alpha value is -1.02. The van der Waals surface area contributed by atoms with Crippen molar-refractivity contribution >= 4 is 48.6 Å². The van der Waals surface area contributed by atoms with Crippen LogP contribution in [0.15, 0.2) is 0 Å². The molecule has 0 bridgehead atoms. The van der Waals surface area contributed by atoms with Crippen LogP contribution < -0.4 is 5.32 Å². The molecule has 1 rings (SSSR count). The van der Waals surface area contributed by atoms with Crippen LogP contribution in [0.2, 0.25) is 0 Å². The fourth-order valence-electron chi connectivity index (χ4n) is 2.71. The van der Waals surface area contributed by atoms with Crippen molar-refractivity contribution < 1.29 is 19.2 Å². The number of carbonyl (C=O) groups is 4. The zero-order chi connectivity index (χ0) is 17.6. The number of carbonyl (C=O) groups excluding carboxylic acids is 4. The number of ketones is 2.